The predicted octanol–water partition coefficient (Wildman–Crippen LogP) is 3.93. The van der Waals surface area contributed by atoms with Crippen LogP contribution in [-0.4, -0.2) is 10.1 Å². The number of furan rings is 1. The van der Waals surface area contributed by atoms with Gasteiger partial charge in [-0.3, -0.25) is 4.98 Å². The van der Waals surface area contributed by atoms with Gasteiger partial charge in [-0.15, -0.1) is 0 Å². The van der Waals surface area contributed by atoms with E-state index in [4.69, 9.17) is 4.42 Å². The molecule has 1 aromatic carbocycles. The molecule has 2 aromatic heterocycles. The van der Waals surface area contributed by atoms with E-state index < -0.39 is 17.8 Å². The molecule has 0 aliphatic heterocycles. The Morgan fingerprint density at radius 1 is 1.14 bits per heavy atom. The standard InChI is InChI=1S/C15H10F3NO2/c16-15(17,18)11-5-6-19-8-10(11)14(20)13-7-9-3-1-2-4-12(9)21-13/h1-8,14,20H. The number of fused-ring (bicyclic) bond motifs is 1. The van der Waals surface area contributed by atoms with E-state index in [1.54, 1.807) is 24.3 Å². The van der Waals surface area contributed by atoms with Crippen molar-refractivity contribution < 1.29 is 22.7 Å². The molecule has 3 nitrogen and oxygen atoms in total. The second-order valence-electron chi connectivity index (χ2n) is 4.55. The highest BCUT2D eigenvalue weighted by molar-refractivity contribution is 5.77. The molecule has 0 fully saturated rings. The van der Waals surface area contributed by atoms with Crippen LogP contribution in [0.5, 0.6) is 0 Å². The normalized spacial score (nSPS) is 13.5. The molecule has 0 spiro atoms. The Morgan fingerprint density at radius 3 is 2.62 bits per heavy atom. The number of halogens is 3. The zero-order valence-electron chi connectivity index (χ0n) is 10.6. The van der Waals surface area contributed by atoms with Crippen LogP contribution < -0.4 is 0 Å². The van der Waals surface area contributed by atoms with Crippen LogP contribution in [0, 0.1) is 0 Å². The van der Waals surface area contributed by atoms with E-state index in [0.29, 0.717) is 11.0 Å². The summed E-state index contributed by atoms with van der Waals surface area (Å²) in [5.41, 5.74) is -0.751. The summed E-state index contributed by atoms with van der Waals surface area (Å²) in [6.07, 6.45) is -4.05. The van der Waals surface area contributed by atoms with E-state index in [0.717, 1.165) is 18.5 Å². The fraction of sp³-hybridized carbons (Fsp3) is 0.133. The first-order chi connectivity index (χ1) is 9.97. The number of aromatic nitrogens is 1. The van der Waals surface area contributed by atoms with Crippen molar-refractivity contribution in [3.8, 4) is 0 Å². The zero-order valence-corrected chi connectivity index (χ0v) is 10.6. The molecule has 3 rings (SSSR count). The van der Waals surface area contributed by atoms with Gasteiger partial charge in [-0.2, -0.15) is 13.2 Å². The topological polar surface area (TPSA) is 46.3 Å². The summed E-state index contributed by atoms with van der Waals surface area (Å²) < 4.78 is 44.3. The van der Waals surface area contributed by atoms with Crippen molar-refractivity contribution in [2.75, 3.05) is 0 Å². The van der Waals surface area contributed by atoms with E-state index in [-0.39, 0.29) is 11.3 Å². The number of aliphatic hydroxyl groups excluding tert-OH is 1. The molecular weight excluding hydrogens is 283 g/mol. The van der Waals surface area contributed by atoms with Crippen molar-refractivity contribution in [3.05, 3.63) is 65.7 Å². The first kappa shape index (κ1) is 13.6. The Morgan fingerprint density at radius 2 is 1.90 bits per heavy atom. The Labute approximate surface area is 117 Å². The molecular formula is C15H10F3NO2. The number of alkyl halides is 3. The molecule has 108 valence electrons. The third-order valence-electron chi connectivity index (χ3n) is 3.17. The summed E-state index contributed by atoms with van der Waals surface area (Å²) in [7, 11) is 0. The second-order valence-corrected chi connectivity index (χ2v) is 4.55. The largest absolute Gasteiger partial charge is 0.458 e. The van der Waals surface area contributed by atoms with Crippen molar-refractivity contribution in [2.24, 2.45) is 0 Å². The minimum absolute atomic E-state index is 0.0506. The number of aliphatic hydroxyl groups is 1. The van der Waals surface area contributed by atoms with Gasteiger partial charge >= 0.3 is 6.18 Å². The maximum Gasteiger partial charge on any atom is 0.416 e. The summed E-state index contributed by atoms with van der Waals surface area (Å²) in [6.45, 7) is 0. The van der Waals surface area contributed by atoms with Gasteiger partial charge in [-0.05, 0) is 18.2 Å². The van der Waals surface area contributed by atoms with Gasteiger partial charge < -0.3 is 9.52 Å². The van der Waals surface area contributed by atoms with Crippen molar-refractivity contribution in [2.45, 2.75) is 12.3 Å². The number of hydrogen-bond acceptors (Lipinski definition) is 3. The lowest BCUT2D eigenvalue weighted by molar-refractivity contribution is -0.139. The highest BCUT2D eigenvalue weighted by Gasteiger charge is 2.36. The maximum atomic E-state index is 13.0. The first-order valence-electron chi connectivity index (χ1n) is 6.14. The van der Waals surface area contributed by atoms with Gasteiger partial charge in [0.15, 0.2) is 0 Å². The minimum Gasteiger partial charge on any atom is -0.458 e. The van der Waals surface area contributed by atoms with Crippen LogP contribution in [0.2, 0.25) is 0 Å². The third kappa shape index (κ3) is 2.50. The van der Waals surface area contributed by atoms with E-state index in [2.05, 4.69) is 4.98 Å². The molecule has 0 amide bonds. The number of benzene rings is 1. The van der Waals surface area contributed by atoms with Gasteiger partial charge in [0.1, 0.15) is 17.4 Å². The van der Waals surface area contributed by atoms with Crippen molar-refractivity contribution in [1.29, 1.82) is 0 Å². The summed E-state index contributed by atoms with van der Waals surface area (Å²) in [4.78, 5) is 3.66. The van der Waals surface area contributed by atoms with Crippen LogP contribution in [0.15, 0.2) is 53.2 Å². The molecule has 1 atom stereocenters. The number of pyridine rings is 1. The summed E-state index contributed by atoms with van der Waals surface area (Å²) in [5, 5.41) is 10.9. The number of rotatable bonds is 2. The molecule has 0 saturated heterocycles. The number of para-hydroxylation sites is 1. The molecule has 0 bridgehead atoms. The fourth-order valence-electron chi connectivity index (χ4n) is 2.17. The quantitative estimate of drug-likeness (QED) is 0.778. The Kier molecular flexibility index (Phi) is 3.17. The monoisotopic (exact) mass is 293 g/mol. The summed E-state index contributed by atoms with van der Waals surface area (Å²) >= 11 is 0. The van der Waals surface area contributed by atoms with Crippen molar-refractivity contribution in [1.82, 2.24) is 4.98 Å². The average molecular weight is 293 g/mol. The number of nitrogens with zero attached hydrogens (tertiary/aromatic N) is 1. The van der Waals surface area contributed by atoms with Crippen molar-refractivity contribution in [3.63, 3.8) is 0 Å². The van der Waals surface area contributed by atoms with E-state index in [9.17, 15) is 18.3 Å². The highest BCUT2D eigenvalue weighted by Crippen LogP contribution is 2.37. The SMILES string of the molecule is OC(c1cc2ccccc2o1)c1cnccc1C(F)(F)F. The molecule has 0 aliphatic rings. The smallest absolute Gasteiger partial charge is 0.416 e. The van der Waals surface area contributed by atoms with Gasteiger partial charge in [-0.1, -0.05) is 18.2 Å². The molecule has 0 aliphatic carbocycles. The van der Waals surface area contributed by atoms with Gasteiger partial charge in [0.2, 0.25) is 0 Å². The first-order valence-corrected chi connectivity index (χ1v) is 6.14. The van der Waals surface area contributed by atoms with Crippen molar-refractivity contribution >= 4 is 11.0 Å². The molecule has 1 unspecified atom stereocenters. The Bertz CT molecular complexity index is 747. The maximum absolute atomic E-state index is 13.0. The van der Waals surface area contributed by atoms with Crippen LogP contribution in [0.25, 0.3) is 11.0 Å². The van der Waals surface area contributed by atoms with Crippen LogP contribution in [0.4, 0.5) is 13.2 Å². The summed E-state index contributed by atoms with van der Waals surface area (Å²) in [5.74, 6) is 0.0506. The Balaban J connectivity index is 2.08. The number of hydrogen-bond donors (Lipinski definition) is 1. The second kappa shape index (κ2) is 4.89. The molecule has 1 N–H and O–H groups in total. The van der Waals surface area contributed by atoms with Crippen LogP contribution in [0.1, 0.15) is 23.0 Å². The predicted molar refractivity (Wildman–Crippen MR) is 69.5 cm³/mol. The molecule has 21 heavy (non-hydrogen) atoms. The third-order valence-corrected chi connectivity index (χ3v) is 3.17. The van der Waals surface area contributed by atoms with Gasteiger partial charge in [0, 0.05) is 23.3 Å². The van der Waals surface area contributed by atoms with E-state index in [1.807, 2.05) is 0 Å². The molecule has 3 aromatic rings. The molecule has 2 heterocycles. The fourth-order valence-corrected chi connectivity index (χ4v) is 2.17. The lowest BCUT2D eigenvalue weighted by Crippen LogP contribution is -2.12. The molecule has 6 heteroatoms. The highest BCUT2D eigenvalue weighted by atomic mass is 19.4. The van der Waals surface area contributed by atoms with Gasteiger partial charge in [-0.25, -0.2) is 0 Å². The Hall–Kier alpha value is -2.34. The van der Waals surface area contributed by atoms with Crippen LogP contribution >= 0.6 is 0 Å². The minimum atomic E-state index is -4.56. The van der Waals surface area contributed by atoms with Gasteiger partial charge in [0.25, 0.3) is 0 Å². The molecule has 0 saturated carbocycles. The van der Waals surface area contributed by atoms with Gasteiger partial charge in [0.05, 0.1) is 5.56 Å². The van der Waals surface area contributed by atoms with E-state index in [1.165, 1.54) is 6.07 Å². The summed E-state index contributed by atoms with van der Waals surface area (Å²) in [6, 6.07) is 9.31. The lowest BCUT2D eigenvalue weighted by Gasteiger charge is -2.15. The average Bonchev–Trinajstić information content (AvgIpc) is 2.89. The van der Waals surface area contributed by atoms with E-state index >= 15 is 0 Å². The zero-order chi connectivity index (χ0) is 15.0. The van der Waals surface area contributed by atoms with Crippen LogP contribution in [-0.2, 0) is 6.18 Å². The van der Waals surface area contributed by atoms with Crippen LogP contribution in [0.3, 0.4) is 0 Å². The lowest BCUT2D eigenvalue weighted by atomic mass is 10.0. The molecule has 0 radical (unpaired) electrons.